The minimum atomic E-state index is -4.35. The number of carbonyl (C=O) groups excluding carboxylic acids is 1. The maximum absolute atomic E-state index is 12.5. The molecule has 2 rings (SSSR count). The fourth-order valence-electron chi connectivity index (χ4n) is 2.33. The smallest absolute Gasteiger partial charge is 0.289 e. The zero-order chi connectivity index (χ0) is 17.7. The first kappa shape index (κ1) is 18.0. The van der Waals surface area contributed by atoms with Crippen molar-refractivity contribution >= 4 is 11.9 Å². The van der Waals surface area contributed by atoms with Crippen molar-refractivity contribution in [3.63, 3.8) is 0 Å². The van der Waals surface area contributed by atoms with Gasteiger partial charge in [-0.05, 0) is 41.7 Å². The Morgan fingerprint density at radius 2 is 1.58 bits per heavy atom. The van der Waals surface area contributed by atoms with Crippen molar-refractivity contribution < 1.29 is 18.0 Å². The molecule has 0 atom stereocenters. The molecule has 1 nitrogen and oxygen atoms in total. The van der Waals surface area contributed by atoms with Crippen LogP contribution >= 0.6 is 0 Å². The third-order valence-corrected chi connectivity index (χ3v) is 3.55. The Morgan fingerprint density at radius 3 is 2.08 bits per heavy atom. The average Bonchev–Trinajstić information content (AvgIpc) is 2.52. The summed E-state index contributed by atoms with van der Waals surface area (Å²) in [5.74, 6) is 0.372. The number of alkyl halides is 3. The highest BCUT2D eigenvalue weighted by molar-refractivity contribution is 6.06. The molecule has 2 aromatic carbocycles. The van der Waals surface area contributed by atoms with Gasteiger partial charge >= 0.3 is 6.18 Å². The molecule has 24 heavy (non-hydrogen) atoms. The Kier molecular flexibility index (Phi) is 5.60. The zero-order valence-electron chi connectivity index (χ0n) is 13.6. The van der Waals surface area contributed by atoms with Crippen LogP contribution in [0.15, 0.2) is 54.6 Å². The Morgan fingerprint density at radius 1 is 1.00 bits per heavy atom. The zero-order valence-corrected chi connectivity index (χ0v) is 13.6. The maximum atomic E-state index is 12.5. The van der Waals surface area contributed by atoms with Crippen LogP contribution in [0.3, 0.4) is 0 Å². The van der Waals surface area contributed by atoms with E-state index >= 15 is 0 Å². The van der Waals surface area contributed by atoms with Crippen LogP contribution in [0.5, 0.6) is 0 Å². The predicted octanol–water partition coefficient (Wildman–Crippen LogP) is 5.80. The summed E-state index contributed by atoms with van der Waals surface area (Å²) in [6.07, 6.45) is -0.504. The molecule has 126 valence electrons. The van der Waals surface area contributed by atoms with Gasteiger partial charge in [0.1, 0.15) is 0 Å². The van der Waals surface area contributed by atoms with Gasteiger partial charge in [-0.25, -0.2) is 0 Å². The van der Waals surface area contributed by atoms with E-state index in [-0.39, 0.29) is 5.78 Å². The van der Waals surface area contributed by atoms with E-state index in [1.165, 1.54) is 29.8 Å². The van der Waals surface area contributed by atoms with Gasteiger partial charge in [-0.1, -0.05) is 56.3 Å². The van der Waals surface area contributed by atoms with E-state index in [2.05, 4.69) is 13.8 Å². The van der Waals surface area contributed by atoms with Crippen LogP contribution in [-0.4, -0.2) is 5.78 Å². The molecule has 0 radical (unpaired) electrons. The second kappa shape index (κ2) is 7.47. The van der Waals surface area contributed by atoms with Gasteiger partial charge in [0.05, 0.1) is 5.56 Å². The lowest BCUT2D eigenvalue weighted by molar-refractivity contribution is -0.137. The fourth-order valence-corrected chi connectivity index (χ4v) is 2.33. The van der Waals surface area contributed by atoms with Gasteiger partial charge in [0.25, 0.3) is 0 Å². The van der Waals surface area contributed by atoms with Crippen molar-refractivity contribution in [2.75, 3.05) is 0 Å². The minimum absolute atomic E-state index is 0.175. The first-order valence-corrected chi connectivity index (χ1v) is 7.74. The molecule has 0 saturated carbocycles. The van der Waals surface area contributed by atoms with Crippen molar-refractivity contribution in [2.45, 2.75) is 26.4 Å². The van der Waals surface area contributed by atoms with Crippen molar-refractivity contribution in [1.82, 2.24) is 0 Å². The van der Waals surface area contributed by atoms with E-state index in [0.717, 1.165) is 18.6 Å². The summed E-state index contributed by atoms with van der Waals surface area (Å²) >= 11 is 0. The summed E-state index contributed by atoms with van der Waals surface area (Å²) in [5.41, 5.74) is 1.58. The summed E-state index contributed by atoms with van der Waals surface area (Å²) < 4.78 is 37.5. The minimum Gasteiger partial charge on any atom is -0.289 e. The third-order valence-electron chi connectivity index (χ3n) is 3.55. The number of carbonyl (C=O) groups is 1. The lowest BCUT2D eigenvalue weighted by atomic mass is 10.0. The molecule has 0 saturated heterocycles. The second-order valence-corrected chi connectivity index (χ2v) is 6.11. The Hall–Kier alpha value is -2.36. The summed E-state index contributed by atoms with van der Waals surface area (Å²) in [7, 11) is 0. The first-order chi connectivity index (χ1) is 11.3. The largest absolute Gasteiger partial charge is 0.416 e. The highest BCUT2D eigenvalue weighted by Crippen LogP contribution is 2.29. The van der Waals surface area contributed by atoms with Gasteiger partial charge in [-0.15, -0.1) is 0 Å². The topological polar surface area (TPSA) is 17.1 Å². The molecule has 0 N–H and O–H groups in total. The maximum Gasteiger partial charge on any atom is 0.416 e. The number of benzene rings is 2. The predicted molar refractivity (Wildman–Crippen MR) is 89.8 cm³/mol. The van der Waals surface area contributed by atoms with E-state index < -0.39 is 11.7 Å². The Balaban J connectivity index is 2.04. The standard InChI is InChI=1S/C20H19F3O/c1-14(2)13-16-3-8-17(9-4-16)19(24)12-7-15-5-10-18(11-6-15)20(21,22)23/h3-12,14H,13H2,1-2H3/b12-7+. The number of rotatable bonds is 5. The van der Waals surface area contributed by atoms with Crippen LogP contribution in [0.1, 0.15) is 40.9 Å². The molecule has 0 aromatic heterocycles. The normalized spacial score (nSPS) is 12.1. The molecule has 4 heteroatoms. The van der Waals surface area contributed by atoms with Crippen molar-refractivity contribution in [1.29, 1.82) is 0 Å². The molecule has 2 aromatic rings. The molecule has 0 bridgehead atoms. The molecule has 0 unspecified atom stereocenters. The van der Waals surface area contributed by atoms with Crippen LogP contribution in [0.2, 0.25) is 0 Å². The van der Waals surface area contributed by atoms with Gasteiger partial charge in [-0.3, -0.25) is 4.79 Å². The molecule has 0 aliphatic rings. The molecule has 0 aliphatic heterocycles. The van der Waals surface area contributed by atoms with Crippen molar-refractivity contribution in [3.05, 3.63) is 76.9 Å². The molecule has 0 amide bonds. The van der Waals surface area contributed by atoms with Crippen molar-refractivity contribution in [2.24, 2.45) is 5.92 Å². The molecule has 0 spiro atoms. The van der Waals surface area contributed by atoms with E-state index in [1.807, 2.05) is 12.1 Å². The Labute approximate surface area is 139 Å². The van der Waals surface area contributed by atoms with E-state index in [1.54, 1.807) is 12.1 Å². The summed E-state index contributed by atoms with van der Waals surface area (Å²) in [6.45, 7) is 4.26. The number of allylic oxidation sites excluding steroid dienone is 1. The van der Waals surface area contributed by atoms with Crippen LogP contribution in [0.25, 0.3) is 6.08 Å². The second-order valence-electron chi connectivity index (χ2n) is 6.11. The number of hydrogen-bond acceptors (Lipinski definition) is 1. The molecular formula is C20H19F3O. The highest BCUT2D eigenvalue weighted by Gasteiger charge is 2.29. The molecule has 0 heterocycles. The monoisotopic (exact) mass is 332 g/mol. The Bertz CT molecular complexity index is 708. The molecular weight excluding hydrogens is 313 g/mol. The van der Waals surface area contributed by atoms with Crippen LogP contribution in [0.4, 0.5) is 13.2 Å². The number of ketones is 1. The van der Waals surface area contributed by atoms with E-state index in [9.17, 15) is 18.0 Å². The van der Waals surface area contributed by atoms with E-state index in [0.29, 0.717) is 17.0 Å². The lowest BCUT2D eigenvalue weighted by Gasteiger charge is -2.06. The van der Waals surface area contributed by atoms with Gasteiger partial charge in [0, 0.05) is 5.56 Å². The summed E-state index contributed by atoms with van der Waals surface area (Å²) in [4.78, 5) is 12.1. The molecule has 0 aliphatic carbocycles. The quantitative estimate of drug-likeness (QED) is 0.499. The van der Waals surface area contributed by atoms with Crippen LogP contribution in [-0.2, 0) is 12.6 Å². The SMILES string of the molecule is CC(C)Cc1ccc(C(=O)/C=C/c2ccc(C(F)(F)F)cc2)cc1. The van der Waals surface area contributed by atoms with Gasteiger partial charge in [-0.2, -0.15) is 13.2 Å². The third kappa shape index (κ3) is 5.08. The van der Waals surface area contributed by atoms with Gasteiger partial charge in [0.15, 0.2) is 5.78 Å². The van der Waals surface area contributed by atoms with Crippen molar-refractivity contribution in [3.8, 4) is 0 Å². The van der Waals surface area contributed by atoms with Crippen LogP contribution in [0, 0.1) is 5.92 Å². The van der Waals surface area contributed by atoms with Crippen LogP contribution < -0.4 is 0 Å². The molecule has 0 fully saturated rings. The number of hydrogen-bond donors (Lipinski definition) is 0. The van der Waals surface area contributed by atoms with E-state index in [4.69, 9.17) is 0 Å². The highest BCUT2D eigenvalue weighted by atomic mass is 19.4. The fraction of sp³-hybridized carbons (Fsp3) is 0.250. The van der Waals surface area contributed by atoms with Gasteiger partial charge in [0.2, 0.25) is 0 Å². The van der Waals surface area contributed by atoms with Gasteiger partial charge < -0.3 is 0 Å². The summed E-state index contributed by atoms with van der Waals surface area (Å²) in [5, 5.41) is 0. The summed E-state index contributed by atoms with van der Waals surface area (Å²) in [6, 6.07) is 12.1. The number of halogens is 3. The first-order valence-electron chi connectivity index (χ1n) is 7.74. The average molecular weight is 332 g/mol. The lowest BCUT2D eigenvalue weighted by Crippen LogP contribution is -2.04.